The second kappa shape index (κ2) is 6.14. The van der Waals surface area contributed by atoms with Crippen molar-refractivity contribution in [2.24, 2.45) is 0 Å². The van der Waals surface area contributed by atoms with Crippen molar-refractivity contribution in [1.82, 2.24) is 0 Å². The Morgan fingerprint density at radius 3 is 2.48 bits per heavy atom. The van der Waals surface area contributed by atoms with Crippen LogP contribution in [0.2, 0.25) is 0 Å². The number of methoxy groups -OCH3 is 1. The van der Waals surface area contributed by atoms with Gasteiger partial charge in [-0.25, -0.2) is 4.79 Å². The fourth-order valence-corrected chi connectivity index (χ4v) is 2.35. The van der Waals surface area contributed by atoms with Crippen LogP contribution in [-0.4, -0.2) is 23.9 Å². The number of anilines is 1. The molecule has 1 N–H and O–H groups in total. The predicted octanol–water partition coefficient (Wildman–Crippen LogP) is 2.70. The minimum Gasteiger partial charge on any atom is -0.465 e. The smallest absolute Gasteiger partial charge is 0.350 e. The van der Waals surface area contributed by atoms with E-state index in [2.05, 4.69) is 10.1 Å². The molecule has 1 aromatic heterocycles. The maximum atomic E-state index is 12.0. The number of hydrogen-bond donors (Lipinski definition) is 1. The molecule has 2 aromatic rings. The molecule has 1 amide bonds. The average Bonchev–Trinajstić information content (AvgIpc) is 2.94. The van der Waals surface area contributed by atoms with E-state index in [1.807, 2.05) is 0 Å². The molecule has 0 aliphatic heterocycles. The molecule has 1 heterocycles. The maximum Gasteiger partial charge on any atom is 0.350 e. The lowest BCUT2D eigenvalue weighted by molar-refractivity contribution is -0.384. The standard InChI is InChI=1S/C13H10N2O5S/c1-20-13(17)11-10(6-7-21-11)14-12(16)8-2-4-9(5-3-8)15(18)19/h2-7H,1H3,(H,14,16). The van der Waals surface area contributed by atoms with Crippen LogP contribution in [0.4, 0.5) is 11.4 Å². The largest absolute Gasteiger partial charge is 0.465 e. The van der Waals surface area contributed by atoms with E-state index in [-0.39, 0.29) is 16.1 Å². The van der Waals surface area contributed by atoms with Crippen molar-refractivity contribution in [2.45, 2.75) is 0 Å². The number of nitrogens with one attached hydrogen (secondary N) is 1. The number of carbonyl (C=O) groups excluding carboxylic acids is 2. The van der Waals surface area contributed by atoms with Gasteiger partial charge >= 0.3 is 5.97 Å². The molecule has 7 nitrogen and oxygen atoms in total. The van der Waals surface area contributed by atoms with Crippen molar-refractivity contribution in [3.63, 3.8) is 0 Å². The highest BCUT2D eigenvalue weighted by Crippen LogP contribution is 2.24. The highest BCUT2D eigenvalue weighted by atomic mass is 32.1. The molecule has 21 heavy (non-hydrogen) atoms. The zero-order valence-corrected chi connectivity index (χ0v) is 11.7. The lowest BCUT2D eigenvalue weighted by atomic mass is 10.2. The molecule has 0 aliphatic carbocycles. The zero-order valence-electron chi connectivity index (χ0n) is 10.9. The van der Waals surface area contributed by atoms with Gasteiger partial charge in [0.2, 0.25) is 0 Å². The number of amides is 1. The van der Waals surface area contributed by atoms with E-state index >= 15 is 0 Å². The van der Waals surface area contributed by atoms with Crippen LogP contribution in [0, 0.1) is 10.1 Å². The molecular formula is C13H10N2O5S. The second-order valence-electron chi connectivity index (χ2n) is 3.91. The Labute approximate surface area is 123 Å². The van der Waals surface area contributed by atoms with Gasteiger partial charge in [0.15, 0.2) is 0 Å². The molecular weight excluding hydrogens is 296 g/mol. The van der Waals surface area contributed by atoms with Crippen LogP contribution in [0.5, 0.6) is 0 Å². The molecule has 0 fully saturated rings. The van der Waals surface area contributed by atoms with Crippen LogP contribution in [0.1, 0.15) is 20.0 Å². The van der Waals surface area contributed by atoms with Crippen LogP contribution in [0.15, 0.2) is 35.7 Å². The maximum absolute atomic E-state index is 12.0. The first-order chi connectivity index (χ1) is 10.0. The molecule has 108 valence electrons. The van der Waals surface area contributed by atoms with Crippen molar-refractivity contribution in [3.05, 3.63) is 56.3 Å². The van der Waals surface area contributed by atoms with E-state index in [9.17, 15) is 19.7 Å². The summed E-state index contributed by atoms with van der Waals surface area (Å²) in [6.45, 7) is 0. The van der Waals surface area contributed by atoms with Gasteiger partial charge in [0.1, 0.15) is 4.88 Å². The first-order valence-electron chi connectivity index (χ1n) is 5.74. The van der Waals surface area contributed by atoms with Gasteiger partial charge in [0, 0.05) is 17.7 Å². The molecule has 0 unspecified atom stereocenters. The first kappa shape index (κ1) is 14.7. The monoisotopic (exact) mass is 306 g/mol. The molecule has 0 bridgehead atoms. The van der Waals surface area contributed by atoms with Crippen molar-refractivity contribution in [1.29, 1.82) is 0 Å². The molecule has 0 radical (unpaired) electrons. The van der Waals surface area contributed by atoms with E-state index < -0.39 is 16.8 Å². The number of ether oxygens (including phenoxy) is 1. The summed E-state index contributed by atoms with van der Waals surface area (Å²) >= 11 is 1.15. The van der Waals surface area contributed by atoms with Crippen LogP contribution in [-0.2, 0) is 4.74 Å². The number of rotatable bonds is 4. The third kappa shape index (κ3) is 3.23. The average molecular weight is 306 g/mol. The summed E-state index contributed by atoms with van der Waals surface area (Å²) in [6, 6.07) is 6.75. The van der Waals surface area contributed by atoms with Gasteiger partial charge in [-0.3, -0.25) is 14.9 Å². The first-order valence-corrected chi connectivity index (χ1v) is 6.62. The van der Waals surface area contributed by atoms with Crippen LogP contribution >= 0.6 is 11.3 Å². The summed E-state index contributed by atoms with van der Waals surface area (Å²) in [5.74, 6) is -1.00. The van der Waals surface area contributed by atoms with Crippen molar-refractivity contribution in [2.75, 3.05) is 12.4 Å². The predicted molar refractivity (Wildman–Crippen MR) is 76.7 cm³/mol. The van der Waals surface area contributed by atoms with Gasteiger partial charge in [-0.1, -0.05) is 0 Å². The van der Waals surface area contributed by atoms with E-state index in [0.717, 1.165) is 11.3 Å². The Morgan fingerprint density at radius 2 is 1.90 bits per heavy atom. The third-order valence-corrected chi connectivity index (χ3v) is 3.52. The zero-order chi connectivity index (χ0) is 15.4. The van der Waals surface area contributed by atoms with Gasteiger partial charge in [0.05, 0.1) is 17.7 Å². The van der Waals surface area contributed by atoms with Crippen molar-refractivity contribution < 1.29 is 19.2 Å². The normalized spacial score (nSPS) is 9.95. The molecule has 1 aromatic carbocycles. The Kier molecular flexibility index (Phi) is 4.29. The number of esters is 1. The lowest BCUT2D eigenvalue weighted by Crippen LogP contribution is -2.13. The van der Waals surface area contributed by atoms with E-state index in [1.165, 1.54) is 31.4 Å². The van der Waals surface area contributed by atoms with Gasteiger partial charge in [0.25, 0.3) is 11.6 Å². The van der Waals surface area contributed by atoms with Gasteiger partial charge < -0.3 is 10.1 Å². The molecule has 0 spiro atoms. The number of nitrogens with zero attached hydrogens (tertiary/aromatic N) is 1. The molecule has 0 saturated heterocycles. The Morgan fingerprint density at radius 1 is 1.24 bits per heavy atom. The highest BCUT2D eigenvalue weighted by Gasteiger charge is 2.16. The number of nitro benzene ring substituents is 1. The summed E-state index contributed by atoms with van der Waals surface area (Å²) in [5, 5.41) is 14.8. The Bertz CT molecular complexity index is 693. The fraction of sp³-hybridized carbons (Fsp3) is 0.0769. The molecule has 8 heteroatoms. The molecule has 0 aliphatic rings. The topological polar surface area (TPSA) is 98.5 Å². The van der Waals surface area contributed by atoms with Crippen molar-refractivity contribution in [3.8, 4) is 0 Å². The number of non-ortho nitro benzene ring substituents is 1. The van der Waals surface area contributed by atoms with Gasteiger partial charge in [-0.2, -0.15) is 0 Å². The lowest BCUT2D eigenvalue weighted by Gasteiger charge is -2.05. The van der Waals surface area contributed by atoms with E-state index in [1.54, 1.807) is 11.4 Å². The third-order valence-electron chi connectivity index (χ3n) is 2.62. The summed E-state index contributed by atoms with van der Waals surface area (Å²) in [6.07, 6.45) is 0. The summed E-state index contributed by atoms with van der Waals surface area (Å²) in [5.41, 5.74) is 0.496. The minimum atomic E-state index is -0.546. The highest BCUT2D eigenvalue weighted by molar-refractivity contribution is 7.12. The number of nitro groups is 1. The summed E-state index contributed by atoms with van der Waals surface area (Å²) in [4.78, 5) is 33.8. The van der Waals surface area contributed by atoms with Crippen LogP contribution in [0.3, 0.4) is 0 Å². The number of hydrogen-bond acceptors (Lipinski definition) is 6. The quantitative estimate of drug-likeness (QED) is 0.532. The number of benzene rings is 1. The van der Waals surface area contributed by atoms with E-state index in [4.69, 9.17) is 0 Å². The van der Waals surface area contributed by atoms with Gasteiger partial charge in [-0.05, 0) is 23.6 Å². The molecule has 0 atom stereocenters. The van der Waals surface area contributed by atoms with Crippen molar-refractivity contribution >= 4 is 34.6 Å². The second-order valence-corrected chi connectivity index (χ2v) is 4.83. The Hall–Kier alpha value is -2.74. The van der Waals surface area contributed by atoms with E-state index in [0.29, 0.717) is 5.69 Å². The van der Waals surface area contributed by atoms with Crippen LogP contribution < -0.4 is 5.32 Å². The minimum absolute atomic E-state index is 0.0997. The Balaban J connectivity index is 2.16. The number of thiophene rings is 1. The molecule has 2 rings (SSSR count). The number of carbonyl (C=O) groups is 2. The fourth-order valence-electron chi connectivity index (χ4n) is 1.59. The van der Waals surface area contributed by atoms with Crippen LogP contribution in [0.25, 0.3) is 0 Å². The SMILES string of the molecule is COC(=O)c1sccc1NC(=O)c1ccc([N+](=O)[O-])cc1. The molecule has 0 saturated carbocycles. The van der Waals surface area contributed by atoms with Gasteiger partial charge in [-0.15, -0.1) is 11.3 Å². The summed E-state index contributed by atoms with van der Waals surface area (Å²) < 4.78 is 4.61. The summed E-state index contributed by atoms with van der Waals surface area (Å²) in [7, 11) is 1.25.